The maximum Gasteiger partial charge on any atom is 0.204 e. The molecule has 0 saturated heterocycles. The SMILES string of the molecule is c1ccc(C2=NC(c3ccc(-c4ccccc4)cc3)=NC(n3c4ccccc4c4ccc5c6ccccc6n(-c6cccc(-c7nc(-c8ccccc8)nc(-c8cccc(-c9ccccc9)c8)n7)c6)c5c43)N2)cc1. The molecule has 10 aromatic carbocycles. The first-order valence-corrected chi connectivity index (χ1v) is 24.9. The van der Waals surface area contributed by atoms with Gasteiger partial charge in [-0.05, 0) is 52.6 Å². The van der Waals surface area contributed by atoms with Gasteiger partial charge in [-0.2, -0.15) is 0 Å². The molecule has 74 heavy (non-hydrogen) atoms. The molecule has 0 saturated carbocycles. The molecule has 3 aromatic heterocycles. The summed E-state index contributed by atoms with van der Waals surface area (Å²) < 4.78 is 4.77. The van der Waals surface area contributed by atoms with Crippen LogP contribution in [0.2, 0.25) is 0 Å². The molecule has 0 amide bonds. The Bertz CT molecular complexity index is 4310. The minimum Gasteiger partial charge on any atom is -0.331 e. The number of hydrogen-bond donors (Lipinski definition) is 1. The van der Waals surface area contributed by atoms with Crippen LogP contribution in [0.4, 0.5) is 0 Å². The number of aromatic nitrogens is 5. The van der Waals surface area contributed by atoms with E-state index in [9.17, 15) is 0 Å². The van der Waals surface area contributed by atoms with E-state index in [0.717, 1.165) is 105 Å². The van der Waals surface area contributed by atoms with Gasteiger partial charge in [0.15, 0.2) is 23.3 Å². The molecule has 4 heterocycles. The van der Waals surface area contributed by atoms with Crippen molar-refractivity contribution < 1.29 is 0 Å². The second-order valence-corrected chi connectivity index (χ2v) is 18.5. The largest absolute Gasteiger partial charge is 0.331 e. The molecule has 1 unspecified atom stereocenters. The Balaban J connectivity index is 0.970. The Hall–Kier alpha value is -10.1. The predicted molar refractivity (Wildman–Crippen MR) is 302 cm³/mol. The van der Waals surface area contributed by atoms with E-state index in [4.69, 9.17) is 24.9 Å². The van der Waals surface area contributed by atoms with Gasteiger partial charge in [-0.15, -0.1) is 0 Å². The highest BCUT2D eigenvalue weighted by Crippen LogP contribution is 2.42. The number of benzene rings is 10. The van der Waals surface area contributed by atoms with Gasteiger partial charge in [0.25, 0.3) is 0 Å². The number of amidine groups is 2. The smallest absolute Gasteiger partial charge is 0.204 e. The average Bonchev–Trinajstić information content (AvgIpc) is 4.01. The summed E-state index contributed by atoms with van der Waals surface area (Å²) in [6.45, 7) is 0. The summed E-state index contributed by atoms with van der Waals surface area (Å²) in [6, 6.07) is 88.8. The lowest BCUT2D eigenvalue weighted by Crippen LogP contribution is -2.36. The quantitative estimate of drug-likeness (QED) is 0.156. The molecule has 8 nitrogen and oxygen atoms in total. The van der Waals surface area contributed by atoms with Crippen LogP contribution in [-0.4, -0.2) is 35.8 Å². The molecule has 14 rings (SSSR count). The zero-order valence-corrected chi connectivity index (χ0v) is 40.0. The van der Waals surface area contributed by atoms with Crippen molar-refractivity contribution in [2.45, 2.75) is 6.29 Å². The van der Waals surface area contributed by atoms with Crippen molar-refractivity contribution in [2.75, 3.05) is 0 Å². The van der Waals surface area contributed by atoms with Crippen LogP contribution < -0.4 is 5.32 Å². The van der Waals surface area contributed by atoms with E-state index in [-0.39, 0.29) is 0 Å². The first-order valence-electron chi connectivity index (χ1n) is 24.9. The van der Waals surface area contributed by atoms with E-state index >= 15 is 0 Å². The topological polar surface area (TPSA) is 85.3 Å². The Morgan fingerprint density at radius 2 is 0.784 bits per heavy atom. The van der Waals surface area contributed by atoms with Crippen LogP contribution in [-0.2, 0) is 0 Å². The van der Waals surface area contributed by atoms with E-state index < -0.39 is 6.29 Å². The second kappa shape index (κ2) is 18.0. The maximum atomic E-state index is 5.53. The van der Waals surface area contributed by atoms with Crippen LogP contribution in [0.5, 0.6) is 0 Å². The van der Waals surface area contributed by atoms with Crippen LogP contribution in [0.3, 0.4) is 0 Å². The second-order valence-electron chi connectivity index (χ2n) is 18.5. The highest BCUT2D eigenvalue weighted by Gasteiger charge is 2.28. The highest BCUT2D eigenvalue weighted by atomic mass is 15.3. The van der Waals surface area contributed by atoms with Crippen LogP contribution in [0.25, 0.3) is 106 Å². The number of hydrogen-bond acceptors (Lipinski definition) is 6. The third-order valence-electron chi connectivity index (χ3n) is 14.0. The fourth-order valence-corrected chi connectivity index (χ4v) is 10.5. The number of para-hydroxylation sites is 2. The minimum absolute atomic E-state index is 0.572. The molecule has 1 aliphatic rings. The number of fused-ring (bicyclic) bond motifs is 7. The van der Waals surface area contributed by atoms with Crippen LogP contribution in [0.15, 0.2) is 265 Å². The Kier molecular flexibility index (Phi) is 10.4. The van der Waals surface area contributed by atoms with Crippen LogP contribution >= 0.6 is 0 Å². The minimum atomic E-state index is -0.572. The number of nitrogens with zero attached hydrogens (tertiary/aromatic N) is 7. The molecule has 348 valence electrons. The summed E-state index contributed by atoms with van der Waals surface area (Å²) in [6.07, 6.45) is -0.572. The van der Waals surface area contributed by atoms with Gasteiger partial charge in [0.2, 0.25) is 6.29 Å². The summed E-state index contributed by atoms with van der Waals surface area (Å²) in [5.41, 5.74) is 14.3. The van der Waals surface area contributed by atoms with Gasteiger partial charge in [-0.25, -0.2) is 24.9 Å². The summed E-state index contributed by atoms with van der Waals surface area (Å²) in [5.74, 6) is 3.19. The van der Waals surface area contributed by atoms with Crippen molar-refractivity contribution >= 4 is 55.3 Å². The third kappa shape index (κ3) is 7.52. The standard InChI is InChI=1S/C66H44N8/c1-5-19-43(20-6-1)45-35-37-48(38-36-45)63-69-62(47-25-11-4-12-26-47)71-66(72-63)74-58-34-16-14-32-54(58)56-40-39-55-53-31-13-15-33-57(53)73(59(55)60(56)74)52-30-18-29-51(42-52)65-68-61(46-23-9-3-10-24-46)67-64(70-65)50-28-17-27-49(41-50)44-21-7-2-8-22-44/h1-42,66H,(H,69,71,72). The van der Waals surface area contributed by atoms with Crippen molar-refractivity contribution in [1.82, 2.24) is 29.4 Å². The third-order valence-corrected chi connectivity index (χ3v) is 14.0. The summed E-state index contributed by atoms with van der Waals surface area (Å²) in [5, 5.41) is 8.35. The van der Waals surface area contributed by atoms with Crippen molar-refractivity contribution in [3.8, 4) is 62.1 Å². The molecule has 8 heteroatoms. The first kappa shape index (κ1) is 42.8. The van der Waals surface area contributed by atoms with E-state index in [1.54, 1.807) is 0 Å². The number of rotatable bonds is 9. The van der Waals surface area contributed by atoms with Crippen molar-refractivity contribution in [3.63, 3.8) is 0 Å². The fourth-order valence-electron chi connectivity index (χ4n) is 10.5. The zero-order valence-electron chi connectivity index (χ0n) is 40.0. The maximum absolute atomic E-state index is 5.53. The van der Waals surface area contributed by atoms with E-state index in [1.807, 2.05) is 48.5 Å². The molecule has 1 N–H and O–H groups in total. The molecule has 0 bridgehead atoms. The van der Waals surface area contributed by atoms with Gasteiger partial charge < -0.3 is 9.88 Å². The van der Waals surface area contributed by atoms with Crippen molar-refractivity contribution in [2.24, 2.45) is 9.98 Å². The van der Waals surface area contributed by atoms with Crippen LogP contribution in [0.1, 0.15) is 17.4 Å². The lowest BCUT2D eigenvalue weighted by Gasteiger charge is -2.26. The summed E-state index contributed by atoms with van der Waals surface area (Å²) in [7, 11) is 0. The normalized spacial score (nSPS) is 13.5. The van der Waals surface area contributed by atoms with Crippen LogP contribution in [0, 0.1) is 0 Å². The monoisotopic (exact) mass is 948 g/mol. The van der Waals surface area contributed by atoms with Gasteiger partial charge in [0.05, 0.1) is 22.1 Å². The van der Waals surface area contributed by atoms with Gasteiger partial charge in [-0.1, -0.05) is 224 Å². The lowest BCUT2D eigenvalue weighted by atomic mass is 10.0. The van der Waals surface area contributed by atoms with E-state index in [1.165, 1.54) is 0 Å². The molecule has 0 radical (unpaired) electrons. The summed E-state index contributed by atoms with van der Waals surface area (Å²) >= 11 is 0. The molecular weight excluding hydrogens is 905 g/mol. The van der Waals surface area contributed by atoms with Crippen molar-refractivity contribution in [1.29, 1.82) is 0 Å². The fraction of sp³-hybridized carbons (Fsp3) is 0.0152. The molecular formula is C66H44N8. The number of nitrogens with one attached hydrogen (secondary N) is 1. The highest BCUT2D eigenvalue weighted by molar-refractivity contribution is 6.23. The van der Waals surface area contributed by atoms with E-state index in [0.29, 0.717) is 23.3 Å². The first-order chi connectivity index (χ1) is 36.7. The molecule has 1 aliphatic heterocycles. The molecule has 0 spiro atoms. The Morgan fingerprint density at radius 1 is 0.324 bits per heavy atom. The molecule has 0 aliphatic carbocycles. The molecule has 13 aromatic rings. The van der Waals surface area contributed by atoms with Gasteiger partial charge in [0, 0.05) is 55.0 Å². The predicted octanol–water partition coefficient (Wildman–Crippen LogP) is 15.4. The molecule has 1 atom stereocenters. The van der Waals surface area contributed by atoms with Gasteiger partial charge in [-0.3, -0.25) is 4.57 Å². The zero-order chi connectivity index (χ0) is 49.0. The van der Waals surface area contributed by atoms with Gasteiger partial charge in [0.1, 0.15) is 5.84 Å². The Labute approximate surface area is 427 Å². The summed E-state index contributed by atoms with van der Waals surface area (Å²) in [4.78, 5) is 26.3. The molecule has 0 fully saturated rings. The average molecular weight is 949 g/mol. The van der Waals surface area contributed by atoms with E-state index in [2.05, 4.69) is 221 Å². The number of aliphatic imine (C=N–C) groups is 2. The van der Waals surface area contributed by atoms with Crippen molar-refractivity contribution in [3.05, 3.63) is 266 Å². The van der Waals surface area contributed by atoms with Gasteiger partial charge >= 0.3 is 0 Å². The lowest BCUT2D eigenvalue weighted by molar-refractivity contribution is 0.516. The Morgan fingerprint density at radius 3 is 1.45 bits per heavy atom.